The maximum absolute atomic E-state index is 12.9. The first-order valence-corrected chi connectivity index (χ1v) is 15.2. The van der Waals surface area contributed by atoms with Crippen LogP contribution < -0.4 is 16.0 Å². The maximum atomic E-state index is 12.9. The molecule has 5 atom stereocenters. The van der Waals surface area contributed by atoms with Gasteiger partial charge >= 0.3 is 11.8 Å². The van der Waals surface area contributed by atoms with Crippen LogP contribution in [0.3, 0.4) is 0 Å². The van der Waals surface area contributed by atoms with Crippen LogP contribution in [-0.4, -0.2) is 69.8 Å². The molecule has 0 spiro atoms. The van der Waals surface area contributed by atoms with E-state index in [2.05, 4.69) is 25.6 Å². The Hall–Kier alpha value is -2.73. The van der Waals surface area contributed by atoms with Crippen LogP contribution in [0.15, 0.2) is 6.20 Å². The second kappa shape index (κ2) is 8.13. The van der Waals surface area contributed by atoms with Crippen molar-refractivity contribution in [2.75, 3.05) is 28.7 Å². The monoisotopic (exact) mass is 528 g/mol. The van der Waals surface area contributed by atoms with Crippen LogP contribution in [0, 0.1) is 17.8 Å². The van der Waals surface area contributed by atoms with E-state index in [0.717, 1.165) is 62.0 Å². The van der Waals surface area contributed by atoms with Crippen molar-refractivity contribution in [3.63, 3.8) is 0 Å². The molecule has 0 radical (unpaired) electrons. The number of fused-ring (bicyclic) bond motifs is 3. The van der Waals surface area contributed by atoms with E-state index < -0.39 is 27.3 Å². The number of carbonyl (C=O) groups excluding carboxylic acids is 2. The zero-order valence-electron chi connectivity index (χ0n) is 20.6. The molecule has 1 saturated heterocycles. The Morgan fingerprint density at radius 2 is 1.84 bits per heavy atom. The first-order valence-electron chi connectivity index (χ1n) is 13.4. The topological polar surface area (TPSA) is 155 Å². The van der Waals surface area contributed by atoms with Crippen molar-refractivity contribution in [2.45, 2.75) is 69.1 Å². The van der Waals surface area contributed by atoms with Crippen LogP contribution in [0.5, 0.6) is 0 Å². The molecule has 4 N–H and O–H groups in total. The lowest BCUT2D eigenvalue weighted by molar-refractivity contribution is -0.148. The number of nitrogens with zero attached hydrogens (tertiary/aromatic N) is 3. The Balaban J connectivity index is 1.19. The summed E-state index contributed by atoms with van der Waals surface area (Å²) in [5, 5.41) is 25.4. The van der Waals surface area contributed by atoms with E-state index in [9.17, 15) is 23.1 Å². The van der Waals surface area contributed by atoms with Gasteiger partial charge in [-0.05, 0) is 69.1 Å². The van der Waals surface area contributed by atoms with Gasteiger partial charge < -0.3 is 21.1 Å². The quantitative estimate of drug-likeness (QED) is 0.432. The Bertz CT molecular complexity index is 1390. The molecule has 11 nitrogen and oxygen atoms in total. The van der Waals surface area contributed by atoms with E-state index in [1.54, 1.807) is 6.20 Å². The second-order valence-electron chi connectivity index (χ2n) is 11.9. The number of sulfone groups is 1. The van der Waals surface area contributed by atoms with E-state index >= 15 is 0 Å². The molecule has 0 aromatic carbocycles. The van der Waals surface area contributed by atoms with Gasteiger partial charge in [-0.1, -0.05) is 0 Å². The zero-order chi connectivity index (χ0) is 25.5. The maximum Gasteiger partial charge on any atom is 0.314 e. The van der Waals surface area contributed by atoms with Crippen LogP contribution in [0.25, 0.3) is 10.9 Å². The molecule has 2 aliphatic heterocycles. The highest BCUT2D eigenvalue weighted by Gasteiger charge is 2.56. The molecule has 4 aliphatic carbocycles. The molecule has 6 aliphatic rings. The van der Waals surface area contributed by atoms with Crippen LogP contribution in [0.4, 0.5) is 11.6 Å². The second-order valence-corrected chi connectivity index (χ2v) is 14.2. The molecule has 8 rings (SSSR count). The highest BCUT2D eigenvalue weighted by Crippen LogP contribution is 2.60. The van der Waals surface area contributed by atoms with E-state index in [-0.39, 0.29) is 23.6 Å². The fourth-order valence-electron chi connectivity index (χ4n) is 8.00. The Morgan fingerprint density at radius 1 is 1.11 bits per heavy atom. The van der Waals surface area contributed by atoms with Gasteiger partial charge in [-0.15, -0.1) is 0 Å². The molecule has 2 aromatic heterocycles. The van der Waals surface area contributed by atoms with Crippen molar-refractivity contribution < 1.29 is 23.1 Å². The van der Waals surface area contributed by atoms with Crippen molar-refractivity contribution in [1.82, 2.24) is 20.1 Å². The standard InChI is InChI=1S/C25H32N6O5S/c32-23(28-16-2-5-37(35,36)6-3-16)24(33)29-22-18-12-27-21-17(1-4-26-21)20(18)31(30-22)19-14-7-13-8-15(19)11-25(34,9-13)10-14/h12-16,19,34H,1-11H2,(H,26,27)(H,28,32)(H,29,30,33)/t13?,14-,15+,19?,25?. The minimum Gasteiger partial charge on any atom is -0.390 e. The normalized spacial score (nSPS) is 33.8. The van der Waals surface area contributed by atoms with Gasteiger partial charge in [0.2, 0.25) is 0 Å². The van der Waals surface area contributed by atoms with Gasteiger partial charge in [-0.2, -0.15) is 5.10 Å². The van der Waals surface area contributed by atoms with Gasteiger partial charge in [0.25, 0.3) is 0 Å². The van der Waals surface area contributed by atoms with Gasteiger partial charge in [-0.3, -0.25) is 14.3 Å². The van der Waals surface area contributed by atoms with E-state index in [0.29, 0.717) is 41.8 Å². The zero-order valence-corrected chi connectivity index (χ0v) is 21.4. The Labute approximate surface area is 214 Å². The summed E-state index contributed by atoms with van der Waals surface area (Å²) in [6.45, 7) is 0.785. The number of aromatic nitrogens is 3. The Morgan fingerprint density at radius 3 is 2.54 bits per heavy atom. The lowest BCUT2D eigenvalue weighted by Crippen LogP contribution is -2.55. The minimum atomic E-state index is -3.06. The van der Waals surface area contributed by atoms with Gasteiger partial charge in [0.05, 0.1) is 34.1 Å². The smallest absolute Gasteiger partial charge is 0.314 e. The summed E-state index contributed by atoms with van der Waals surface area (Å²) in [7, 11) is -3.06. The molecule has 4 heterocycles. The molecule has 3 unspecified atom stereocenters. The van der Waals surface area contributed by atoms with Crippen molar-refractivity contribution in [3.05, 3.63) is 11.8 Å². The minimum absolute atomic E-state index is 0.0130. The van der Waals surface area contributed by atoms with Gasteiger partial charge in [0, 0.05) is 24.3 Å². The molecule has 4 bridgehead atoms. The van der Waals surface area contributed by atoms with Crippen molar-refractivity contribution in [1.29, 1.82) is 0 Å². The van der Waals surface area contributed by atoms with Crippen molar-refractivity contribution in [2.24, 2.45) is 17.8 Å². The summed E-state index contributed by atoms with van der Waals surface area (Å²) in [5.74, 6) is 0.775. The van der Waals surface area contributed by atoms with E-state index in [1.807, 2.05) is 0 Å². The van der Waals surface area contributed by atoms with Crippen molar-refractivity contribution in [3.8, 4) is 0 Å². The molecule has 198 valence electrons. The lowest BCUT2D eigenvalue weighted by Gasteiger charge is -2.57. The summed E-state index contributed by atoms with van der Waals surface area (Å²) in [5.41, 5.74) is 1.47. The Kier molecular flexibility index (Phi) is 5.14. The third kappa shape index (κ3) is 3.91. The molecule has 12 heteroatoms. The highest BCUT2D eigenvalue weighted by atomic mass is 32.2. The van der Waals surface area contributed by atoms with E-state index in [4.69, 9.17) is 5.10 Å². The number of pyridine rings is 1. The molecule has 2 aromatic rings. The molecule has 5 fully saturated rings. The lowest BCUT2D eigenvalue weighted by atomic mass is 9.52. The number of rotatable bonds is 3. The van der Waals surface area contributed by atoms with Crippen LogP contribution in [0.2, 0.25) is 0 Å². The average Bonchev–Trinajstić information content (AvgIpc) is 3.44. The fourth-order valence-corrected chi connectivity index (χ4v) is 9.49. The summed E-state index contributed by atoms with van der Waals surface area (Å²) < 4.78 is 25.4. The first-order chi connectivity index (χ1) is 17.7. The number of carbonyl (C=O) groups is 2. The number of aliphatic hydroxyl groups is 1. The molecule has 37 heavy (non-hydrogen) atoms. The SMILES string of the molecule is O=C(Nc1nn(C2[C@@H]3CC4C[C@H]2CC(O)(C4)C3)c2c3c(ncc12)NCC3)C(=O)NC1CCS(=O)(=O)CC1. The molecular formula is C25H32N6O5S. The van der Waals surface area contributed by atoms with E-state index in [1.165, 1.54) is 0 Å². The molecule has 4 saturated carbocycles. The third-order valence-corrected chi connectivity index (χ3v) is 11.0. The van der Waals surface area contributed by atoms with Gasteiger partial charge in [0.15, 0.2) is 5.82 Å². The number of nitrogens with one attached hydrogen (secondary N) is 3. The first kappa shape index (κ1) is 23.4. The molecular weight excluding hydrogens is 496 g/mol. The highest BCUT2D eigenvalue weighted by molar-refractivity contribution is 7.91. The number of hydrogen-bond donors (Lipinski definition) is 4. The van der Waals surface area contributed by atoms with Gasteiger partial charge in [0.1, 0.15) is 15.7 Å². The van der Waals surface area contributed by atoms with Crippen molar-refractivity contribution >= 4 is 44.2 Å². The fraction of sp³-hybridized carbons (Fsp3) is 0.680. The number of hydrogen-bond acceptors (Lipinski definition) is 8. The predicted octanol–water partition coefficient (Wildman–Crippen LogP) is 1.14. The largest absolute Gasteiger partial charge is 0.390 e. The summed E-state index contributed by atoms with van der Waals surface area (Å²) >= 11 is 0. The van der Waals surface area contributed by atoms with Gasteiger partial charge in [-0.25, -0.2) is 13.4 Å². The third-order valence-electron chi connectivity index (χ3n) is 9.31. The number of anilines is 2. The van der Waals surface area contributed by atoms with Crippen LogP contribution in [0.1, 0.15) is 56.6 Å². The number of amides is 2. The van der Waals surface area contributed by atoms with Crippen LogP contribution in [-0.2, 0) is 25.8 Å². The molecule has 2 amide bonds. The predicted molar refractivity (Wildman–Crippen MR) is 136 cm³/mol. The summed E-state index contributed by atoms with van der Waals surface area (Å²) in [6, 6.07) is -0.207. The summed E-state index contributed by atoms with van der Waals surface area (Å²) in [4.78, 5) is 30.1. The average molecular weight is 529 g/mol. The summed E-state index contributed by atoms with van der Waals surface area (Å²) in [6.07, 6.45) is 7.74. The van der Waals surface area contributed by atoms with Crippen LogP contribution >= 0.6 is 0 Å².